The third-order valence-corrected chi connectivity index (χ3v) is 4.29. The molecule has 0 aliphatic carbocycles. The van der Waals surface area contributed by atoms with Gasteiger partial charge in [-0.1, -0.05) is 0 Å². The molecule has 3 N–H and O–H groups in total. The number of hydrogen-bond donors (Lipinski definition) is 2. The van der Waals surface area contributed by atoms with Crippen LogP contribution in [0.25, 0.3) is 0 Å². The van der Waals surface area contributed by atoms with Gasteiger partial charge in [-0.25, -0.2) is 13.1 Å². The number of hydrogen-bond acceptors (Lipinski definition) is 5. The summed E-state index contributed by atoms with van der Waals surface area (Å²) in [6, 6.07) is 0.242. The van der Waals surface area contributed by atoms with E-state index in [1.165, 1.54) is 0 Å². The van der Waals surface area contributed by atoms with Crippen LogP contribution in [0.3, 0.4) is 0 Å². The van der Waals surface area contributed by atoms with E-state index >= 15 is 0 Å². The summed E-state index contributed by atoms with van der Waals surface area (Å²) in [6.07, 6.45) is 0. The number of nitrogens with one attached hydrogen (secondary N) is 1. The van der Waals surface area contributed by atoms with Crippen molar-refractivity contribution in [1.82, 2.24) is 14.5 Å². The minimum atomic E-state index is -3.19. The Morgan fingerprint density at radius 3 is 2.69 bits per heavy atom. The standard InChI is InChI=1S/C9H22N4O2S/c1-12-4-5-13(2)9(8-12)7-11-16(14,15)6-3-10/h9,11H,3-8,10H2,1-2H3. The molecule has 1 fully saturated rings. The van der Waals surface area contributed by atoms with E-state index in [4.69, 9.17) is 5.73 Å². The summed E-state index contributed by atoms with van der Waals surface area (Å²) in [5, 5.41) is 0. The highest BCUT2D eigenvalue weighted by molar-refractivity contribution is 7.89. The monoisotopic (exact) mass is 250 g/mol. The highest BCUT2D eigenvalue weighted by Crippen LogP contribution is 2.05. The van der Waals surface area contributed by atoms with Gasteiger partial charge in [0, 0.05) is 38.8 Å². The lowest BCUT2D eigenvalue weighted by atomic mass is 10.2. The zero-order valence-corrected chi connectivity index (χ0v) is 10.8. The maximum atomic E-state index is 11.4. The Bertz CT molecular complexity index is 307. The molecule has 1 unspecified atom stereocenters. The summed E-state index contributed by atoms with van der Waals surface area (Å²) in [6.45, 7) is 3.52. The fourth-order valence-electron chi connectivity index (χ4n) is 1.77. The van der Waals surface area contributed by atoms with Crippen molar-refractivity contribution in [3.05, 3.63) is 0 Å². The number of nitrogens with two attached hydrogens (primary N) is 1. The lowest BCUT2D eigenvalue weighted by Gasteiger charge is -2.37. The molecule has 6 nitrogen and oxygen atoms in total. The Kier molecular flexibility index (Phi) is 5.13. The molecule has 96 valence electrons. The fourth-order valence-corrected chi connectivity index (χ4v) is 2.67. The molecule has 0 saturated carbocycles. The molecule has 1 heterocycles. The van der Waals surface area contributed by atoms with Crippen LogP contribution in [0, 0.1) is 0 Å². The normalized spacial score (nSPS) is 24.8. The van der Waals surface area contributed by atoms with Crippen LogP contribution in [0.2, 0.25) is 0 Å². The van der Waals surface area contributed by atoms with Crippen molar-refractivity contribution in [2.45, 2.75) is 6.04 Å². The molecule has 1 atom stereocenters. The van der Waals surface area contributed by atoms with Gasteiger partial charge < -0.3 is 10.6 Å². The molecule has 1 rings (SSSR count). The highest BCUT2D eigenvalue weighted by Gasteiger charge is 2.23. The first-order chi connectivity index (χ1) is 7.44. The van der Waals surface area contributed by atoms with Gasteiger partial charge in [0.25, 0.3) is 0 Å². The van der Waals surface area contributed by atoms with E-state index in [-0.39, 0.29) is 18.3 Å². The second kappa shape index (κ2) is 5.92. The van der Waals surface area contributed by atoms with E-state index in [1.807, 2.05) is 14.1 Å². The molecule has 0 radical (unpaired) electrons. The zero-order chi connectivity index (χ0) is 12.2. The van der Waals surface area contributed by atoms with Crippen molar-refractivity contribution in [2.75, 3.05) is 52.6 Å². The van der Waals surface area contributed by atoms with Gasteiger partial charge in [0.05, 0.1) is 5.75 Å². The summed E-state index contributed by atoms with van der Waals surface area (Å²) < 4.78 is 25.5. The Labute approximate surface area is 97.8 Å². The number of likely N-dealkylation sites (N-methyl/N-ethyl adjacent to an activating group) is 2. The van der Waals surface area contributed by atoms with Gasteiger partial charge in [-0.2, -0.15) is 0 Å². The van der Waals surface area contributed by atoms with Gasteiger partial charge in [-0.15, -0.1) is 0 Å². The Hall–Kier alpha value is -0.210. The summed E-state index contributed by atoms with van der Waals surface area (Å²) in [4.78, 5) is 4.40. The molecule has 0 bridgehead atoms. The number of sulfonamides is 1. The second-order valence-corrected chi connectivity index (χ2v) is 6.28. The third-order valence-electron chi connectivity index (χ3n) is 2.91. The van der Waals surface area contributed by atoms with Crippen LogP contribution in [-0.4, -0.2) is 76.8 Å². The molecule has 16 heavy (non-hydrogen) atoms. The summed E-state index contributed by atoms with van der Waals surface area (Å²) in [7, 11) is 0.881. The maximum absolute atomic E-state index is 11.4. The fraction of sp³-hybridized carbons (Fsp3) is 1.00. The first-order valence-corrected chi connectivity index (χ1v) is 7.16. The van der Waals surface area contributed by atoms with E-state index < -0.39 is 10.0 Å². The summed E-state index contributed by atoms with van der Waals surface area (Å²) >= 11 is 0. The number of piperazine rings is 1. The third kappa shape index (κ3) is 4.34. The molecule has 0 aromatic carbocycles. The molecule has 1 aliphatic heterocycles. The average Bonchev–Trinajstić information content (AvgIpc) is 2.19. The molecule has 1 saturated heterocycles. The second-order valence-electron chi connectivity index (χ2n) is 4.35. The molecule has 7 heteroatoms. The predicted molar refractivity (Wildman–Crippen MR) is 64.8 cm³/mol. The lowest BCUT2D eigenvalue weighted by Crippen LogP contribution is -2.54. The van der Waals surface area contributed by atoms with Crippen LogP contribution in [0.1, 0.15) is 0 Å². The van der Waals surface area contributed by atoms with Gasteiger partial charge in [0.2, 0.25) is 10.0 Å². The van der Waals surface area contributed by atoms with Gasteiger partial charge in [0.1, 0.15) is 0 Å². The molecule has 0 amide bonds. The van der Waals surface area contributed by atoms with Gasteiger partial charge in [-0.3, -0.25) is 4.90 Å². The van der Waals surface area contributed by atoms with Crippen LogP contribution in [-0.2, 0) is 10.0 Å². The highest BCUT2D eigenvalue weighted by atomic mass is 32.2. The molecular formula is C9H22N4O2S. The van der Waals surface area contributed by atoms with Crippen molar-refractivity contribution in [3.8, 4) is 0 Å². The first kappa shape index (κ1) is 13.9. The number of nitrogens with zero attached hydrogens (tertiary/aromatic N) is 2. The van der Waals surface area contributed by atoms with Crippen molar-refractivity contribution < 1.29 is 8.42 Å². The molecule has 0 aromatic heterocycles. The Morgan fingerprint density at radius 1 is 1.38 bits per heavy atom. The Morgan fingerprint density at radius 2 is 2.06 bits per heavy atom. The average molecular weight is 250 g/mol. The van der Waals surface area contributed by atoms with E-state index in [0.717, 1.165) is 19.6 Å². The molecule has 0 aromatic rings. The van der Waals surface area contributed by atoms with Gasteiger partial charge in [0.15, 0.2) is 0 Å². The largest absolute Gasteiger partial charge is 0.329 e. The van der Waals surface area contributed by atoms with Crippen molar-refractivity contribution in [3.63, 3.8) is 0 Å². The topological polar surface area (TPSA) is 78.7 Å². The first-order valence-electron chi connectivity index (χ1n) is 5.51. The SMILES string of the molecule is CN1CCN(C)C(CNS(=O)(=O)CCN)C1. The van der Waals surface area contributed by atoms with Crippen LogP contribution in [0.5, 0.6) is 0 Å². The minimum Gasteiger partial charge on any atom is -0.329 e. The van der Waals surface area contributed by atoms with E-state index in [9.17, 15) is 8.42 Å². The van der Waals surface area contributed by atoms with Crippen molar-refractivity contribution in [2.24, 2.45) is 5.73 Å². The van der Waals surface area contributed by atoms with E-state index in [2.05, 4.69) is 14.5 Å². The van der Waals surface area contributed by atoms with Gasteiger partial charge >= 0.3 is 0 Å². The van der Waals surface area contributed by atoms with Crippen molar-refractivity contribution in [1.29, 1.82) is 0 Å². The molecular weight excluding hydrogens is 228 g/mol. The van der Waals surface area contributed by atoms with E-state index in [0.29, 0.717) is 6.54 Å². The summed E-state index contributed by atoms with van der Waals surface area (Å²) in [5.74, 6) is -0.000721. The predicted octanol–water partition coefficient (Wildman–Crippen LogP) is -1.89. The maximum Gasteiger partial charge on any atom is 0.212 e. The number of rotatable bonds is 5. The molecule has 1 aliphatic rings. The Balaban J connectivity index is 2.41. The molecule has 0 spiro atoms. The lowest BCUT2D eigenvalue weighted by molar-refractivity contribution is 0.117. The van der Waals surface area contributed by atoms with E-state index in [1.54, 1.807) is 0 Å². The quantitative estimate of drug-likeness (QED) is 0.596. The van der Waals surface area contributed by atoms with Gasteiger partial charge in [-0.05, 0) is 14.1 Å². The van der Waals surface area contributed by atoms with Crippen LogP contribution in [0.15, 0.2) is 0 Å². The van der Waals surface area contributed by atoms with Crippen LogP contribution in [0.4, 0.5) is 0 Å². The summed E-state index contributed by atoms with van der Waals surface area (Å²) in [5.41, 5.74) is 5.23. The smallest absolute Gasteiger partial charge is 0.212 e. The zero-order valence-electron chi connectivity index (χ0n) is 10.0. The minimum absolute atomic E-state index is 0.000721. The van der Waals surface area contributed by atoms with Crippen LogP contribution < -0.4 is 10.5 Å². The van der Waals surface area contributed by atoms with Crippen LogP contribution >= 0.6 is 0 Å². The van der Waals surface area contributed by atoms with Crippen molar-refractivity contribution >= 4 is 10.0 Å².